The number of aryl methyl sites for hydroxylation is 1. The molecule has 0 unspecified atom stereocenters. The minimum absolute atomic E-state index is 0.0263. The minimum Gasteiger partial charge on any atom is -0.358 e. The number of halogens is 1. The molecule has 0 fully saturated rings. The van der Waals surface area contributed by atoms with Crippen LogP contribution in [0.3, 0.4) is 0 Å². The maximum Gasteiger partial charge on any atom is 0.239 e. The van der Waals surface area contributed by atoms with Crippen molar-refractivity contribution in [1.29, 1.82) is 0 Å². The molecule has 1 aromatic rings. The van der Waals surface area contributed by atoms with Crippen LogP contribution < -0.4 is 10.2 Å². The molecule has 0 spiro atoms. The number of likely N-dealkylation sites (N-methyl/N-ethyl adjacent to an activating group) is 2. The van der Waals surface area contributed by atoms with Gasteiger partial charge in [-0.2, -0.15) is 0 Å². The monoisotopic (exact) mass is 271 g/mol. The molecule has 0 aliphatic rings. The maximum atomic E-state index is 11.2. The van der Waals surface area contributed by atoms with Crippen LogP contribution in [0, 0.1) is 6.92 Å². The first kappa shape index (κ1) is 12.0. The molecule has 1 rings (SSSR count). The van der Waals surface area contributed by atoms with Crippen molar-refractivity contribution in [3.8, 4) is 0 Å². The predicted molar refractivity (Wildman–Crippen MR) is 64.0 cm³/mol. The van der Waals surface area contributed by atoms with E-state index < -0.39 is 0 Å². The Morgan fingerprint density at radius 2 is 2.33 bits per heavy atom. The molecule has 0 aromatic carbocycles. The average Bonchev–Trinajstić information content (AvgIpc) is 2.17. The van der Waals surface area contributed by atoms with E-state index in [9.17, 15) is 4.79 Å². The largest absolute Gasteiger partial charge is 0.358 e. The van der Waals surface area contributed by atoms with Crippen LogP contribution in [0.2, 0.25) is 0 Å². The van der Waals surface area contributed by atoms with Gasteiger partial charge >= 0.3 is 0 Å². The van der Waals surface area contributed by atoms with Gasteiger partial charge in [0.05, 0.1) is 6.54 Å². The minimum atomic E-state index is -0.0263. The fourth-order valence-corrected chi connectivity index (χ4v) is 1.75. The van der Waals surface area contributed by atoms with Crippen LogP contribution in [0.15, 0.2) is 16.7 Å². The molecule has 0 atom stereocenters. The lowest BCUT2D eigenvalue weighted by molar-refractivity contribution is -0.119. The maximum absolute atomic E-state index is 11.2. The van der Waals surface area contributed by atoms with Crippen molar-refractivity contribution in [3.63, 3.8) is 0 Å². The number of hydrogen-bond acceptors (Lipinski definition) is 3. The van der Waals surface area contributed by atoms with E-state index in [1.807, 2.05) is 24.9 Å². The summed E-state index contributed by atoms with van der Waals surface area (Å²) >= 11 is 3.35. The highest BCUT2D eigenvalue weighted by Gasteiger charge is 2.09. The second-order valence-corrected chi connectivity index (χ2v) is 4.24. The van der Waals surface area contributed by atoms with Crippen LogP contribution in [0.25, 0.3) is 0 Å². The molecule has 0 aliphatic heterocycles. The lowest BCUT2D eigenvalue weighted by Gasteiger charge is -2.18. The van der Waals surface area contributed by atoms with Gasteiger partial charge in [-0.1, -0.05) is 0 Å². The Kier molecular flexibility index (Phi) is 4.08. The van der Waals surface area contributed by atoms with Crippen molar-refractivity contribution in [3.05, 3.63) is 22.3 Å². The van der Waals surface area contributed by atoms with Gasteiger partial charge in [0.2, 0.25) is 5.91 Å². The number of carbonyl (C=O) groups is 1. The number of nitrogens with zero attached hydrogens (tertiary/aromatic N) is 2. The predicted octanol–water partition coefficient (Wildman–Crippen LogP) is 1.33. The highest BCUT2D eigenvalue weighted by molar-refractivity contribution is 9.10. The molecule has 15 heavy (non-hydrogen) atoms. The molecule has 5 heteroatoms. The average molecular weight is 272 g/mol. The van der Waals surface area contributed by atoms with Gasteiger partial charge in [0.25, 0.3) is 0 Å². The lowest BCUT2D eigenvalue weighted by atomic mass is 10.3. The van der Waals surface area contributed by atoms with Gasteiger partial charge in [0.15, 0.2) is 0 Å². The van der Waals surface area contributed by atoms with E-state index in [-0.39, 0.29) is 5.91 Å². The van der Waals surface area contributed by atoms with Gasteiger partial charge in [-0.05, 0) is 34.5 Å². The number of amides is 1. The number of hydrogen-bond donors (Lipinski definition) is 1. The Labute approximate surface area is 97.8 Å². The summed E-state index contributed by atoms with van der Waals surface area (Å²) in [6.45, 7) is 2.28. The lowest BCUT2D eigenvalue weighted by Crippen LogP contribution is -2.33. The number of aromatic nitrogens is 1. The van der Waals surface area contributed by atoms with Crippen LogP contribution >= 0.6 is 15.9 Å². The van der Waals surface area contributed by atoms with Crippen LogP contribution in [0.1, 0.15) is 5.56 Å². The van der Waals surface area contributed by atoms with E-state index in [0.717, 1.165) is 15.9 Å². The highest BCUT2D eigenvalue weighted by atomic mass is 79.9. The molecule has 0 aliphatic carbocycles. The number of carbonyl (C=O) groups excluding carboxylic acids is 1. The Bertz CT molecular complexity index is 368. The van der Waals surface area contributed by atoms with E-state index in [1.54, 1.807) is 13.2 Å². The van der Waals surface area contributed by atoms with Crippen molar-refractivity contribution in [2.24, 2.45) is 0 Å². The number of anilines is 1. The van der Waals surface area contributed by atoms with Crippen molar-refractivity contribution < 1.29 is 4.79 Å². The fourth-order valence-electron chi connectivity index (χ4n) is 1.30. The Morgan fingerprint density at radius 3 is 2.87 bits per heavy atom. The Hall–Kier alpha value is -1.10. The molecule has 1 aromatic heterocycles. The van der Waals surface area contributed by atoms with Gasteiger partial charge in [-0.25, -0.2) is 4.98 Å². The van der Waals surface area contributed by atoms with Crippen molar-refractivity contribution in [2.45, 2.75) is 6.92 Å². The summed E-state index contributed by atoms with van der Waals surface area (Å²) in [5, 5.41) is 2.58. The van der Waals surface area contributed by atoms with Crippen LogP contribution in [-0.4, -0.2) is 31.5 Å². The molecule has 1 N–H and O–H groups in total. The van der Waals surface area contributed by atoms with E-state index >= 15 is 0 Å². The van der Waals surface area contributed by atoms with Gasteiger partial charge in [-0.3, -0.25) is 4.79 Å². The third-order valence-electron chi connectivity index (χ3n) is 2.04. The molecule has 4 nitrogen and oxygen atoms in total. The molecule has 0 radical (unpaired) electrons. The van der Waals surface area contributed by atoms with Gasteiger partial charge in [0.1, 0.15) is 5.82 Å². The molecule has 1 amide bonds. The summed E-state index contributed by atoms with van der Waals surface area (Å²) in [5.74, 6) is 0.795. The van der Waals surface area contributed by atoms with Crippen molar-refractivity contribution >= 4 is 27.7 Å². The molecule has 82 valence electrons. The van der Waals surface area contributed by atoms with Gasteiger partial charge in [-0.15, -0.1) is 0 Å². The smallest absolute Gasteiger partial charge is 0.239 e. The standard InChI is InChI=1S/C10H14BrN3O/c1-7-4-8(11)5-13-10(7)14(3)6-9(15)12-2/h4-5H,6H2,1-3H3,(H,12,15). The summed E-state index contributed by atoms with van der Waals surface area (Å²) in [5.41, 5.74) is 1.04. The second-order valence-electron chi connectivity index (χ2n) is 3.32. The fraction of sp³-hybridized carbons (Fsp3) is 0.400. The van der Waals surface area contributed by atoms with Gasteiger partial charge < -0.3 is 10.2 Å². The summed E-state index contributed by atoms with van der Waals surface area (Å²) in [6, 6.07) is 1.97. The van der Waals surface area contributed by atoms with Gasteiger partial charge in [0, 0.05) is 24.8 Å². The first-order valence-electron chi connectivity index (χ1n) is 4.58. The normalized spacial score (nSPS) is 9.87. The van der Waals surface area contributed by atoms with E-state index in [0.29, 0.717) is 6.54 Å². The van der Waals surface area contributed by atoms with E-state index in [1.165, 1.54) is 0 Å². The van der Waals surface area contributed by atoms with E-state index in [4.69, 9.17) is 0 Å². The van der Waals surface area contributed by atoms with Crippen LogP contribution in [0.5, 0.6) is 0 Å². The summed E-state index contributed by atoms with van der Waals surface area (Å²) < 4.78 is 0.942. The molecule has 0 saturated carbocycles. The molecular formula is C10H14BrN3O. The first-order chi connectivity index (χ1) is 7.04. The SMILES string of the molecule is CNC(=O)CN(C)c1ncc(Br)cc1C. The molecule has 0 bridgehead atoms. The molecule has 1 heterocycles. The zero-order chi connectivity index (χ0) is 11.4. The van der Waals surface area contributed by atoms with E-state index in [2.05, 4.69) is 26.2 Å². The number of nitrogens with one attached hydrogen (secondary N) is 1. The second kappa shape index (κ2) is 5.11. The summed E-state index contributed by atoms with van der Waals surface area (Å²) in [4.78, 5) is 17.3. The first-order valence-corrected chi connectivity index (χ1v) is 5.37. The third-order valence-corrected chi connectivity index (χ3v) is 2.47. The Balaban J connectivity index is 2.82. The third kappa shape index (κ3) is 3.20. The van der Waals surface area contributed by atoms with Crippen LogP contribution in [-0.2, 0) is 4.79 Å². The molecular weight excluding hydrogens is 258 g/mol. The van der Waals surface area contributed by atoms with Crippen molar-refractivity contribution in [1.82, 2.24) is 10.3 Å². The number of pyridine rings is 1. The van der Waals surface area contributed by atoms with Crippen molar-refractivity contribution in [2.75, 3.05) is 25.5 Å². The Morgan fingerprint density at radius 1 is 1.67 bits per heavy atom. The summed E-state index contributed by atoms with van der Waals surface area (Å²) in [6.07, 6.45) is 1.72. The summed E-state index contributed by atoms with van der Waals surface area (Å²) in [7, 11) is 3.47. The number of rotatable bonds is 3. The highest BCUT2D eigenvalue weighted by Crippen LogP contribution is 2.19. The quantitative estimate of drug-likeness (QED) is 0.903. The zero-order valence-electron chi connectivity index (χ0n) is 9.04. The zero-order valence-corrected chi connectivity index (χ0v) is 10.6. The van der Waals surface area contributed by atoms with Crippen LogP contribution in [0.4, 0.5) is 5.82 Å². The molecule has 0 saturated heterocycles. The topological polar surface area (TPSA) is 45.2 Å².